The van der Waals surface area contributed by atoms with Crippen molar-refractivity contribution in [1.82, 2.24) is 14.8 Å². The number of carboxylic acid groups (broad SMARTS) is 1. The summed E-state index contributed by atoms with van der Waals surface area (Å²) in [5.41, 5.74) is 4.34. The topological polar surface area (TPSA) is 128 Å². The number of sulfonamides is 1. The molecule has 0 bridgehead atoms. The van der Waals surface area contributed by atoms with Crippen LogP contribution in [0.3, 0.4) is 0 Å². The van der Waals surface area contributed by atoms with E-state index in [1.54, 1.807) is 22.1 Å². The van der Waals surface area contributed by atoms with Crippen LogP contribution in [0, 0.1) is 30.0 Å². The molecule has 6 rings (SSSR count). The molecule has 0 spiro atoms. The fraction of sp³-hybridized carbons (Fsp3) is 0.219. The highest BCUT2D eigenvalue weighted by molar-refractivity contribution is 7.89. The van der Waals surface area contributed by atoms with E-state index in [0.29, 0.717) is 22.8 Å². The Balaban J connectivity index is 1.51. The molecule has 1 aliphatic rings. The van der Waals surface area contributed by atoms with Gasteiger partial charge >= 0.3 is 5.97 Å². The van der Waals surface area contributed by atoms with E-state index in [1.165, 1.54) is 33.7 Å². The Hall–Kier alpha value is -4.15. The number of aryl methyl sites for hydroxylation is 1. The highest BCUT2D eigenvalue weighted by Crippen LogP contribution is 2.49. The molecule has 0 radical (unpaired) electrons. The number of nitrogens with two attached hydrogens (primary N) is 1. The minimum Gasteiger partial charge on any atom is -0.476 e. The van der Waals surface area contributed by atoms with Crippen LogP contribution in [0.5, 0.6) is 0 Å². The predicted octanol–water partition coefficient (Wildman–Crippen LogP) is 6.18. The van der Waals surface area contributed by atoms with Crippen molar-refractivity contribution in [1.29, 1.82) is 0 Å². The third kappa shape index (κ3) is 6.37. The first-order chi connectivity index (χ1) is 20.9. The molecule has 0 unspecified atom stereocenters. The fourth-order valence-corrected chi connectivity index (χ4v) is 7.05. The average Bonchev–Trinajstić information content (AvgIpc) is 3.30. The molecule has 224 valence electrons. The molecule has 2 aromatic carbocycles. The van der Waals surface area contributed by atoms with Crippen molar-refractivity contribution in [2.75, 3.05) is 0 Å². The normalized spacial score (nSPS) is 13.8. The van der Waals surface area contributed by atoms with Gasteiger partial charge in [0, 0.05) is 33.4 Å². The molecule has 1 aliphatic carbocycles. The van der Waals surface area contributed by atoms with Gasteiger partial charge in [-0.3, -0.25) is 0 Å². The Kier molecular flexibility index (Phi) is 7.75. The summed E-state index contributed by atoms with van der Waals surface area (Å²) in [7, 11) is -4.22. The Morgan fingerprint density at radius 1 is 1.16 bits per heavy atom. The maximum absolute atomic E-state index is 14.9. The zero-order valence-electron chi connectivity index (χ0n) is 23.8. The Morgan fingerprint density at radius 3 is 2.59 bits per heavy atom. The summed E-state index contributed by atoms with van der Waals surface area (Å²) >= 11 is 2.80. The number of benzene rings is 2. The van der Waals surface area contributed by atoms with Crippen LogP contribution in [0.2, 0.25) is 0 Å². The summed E-state index contributed by atoms with van der Waals surface area (Å²) in [6.45, 7) is 4.21. The number of carbonyl (C=O) groups is 1. The van der Waals surface area contributed by atoms with Crippen LogP contribution in [-0.2, 0) is 22.9 Å². The van der Waals surface area contributed by atoms with Crippen LogP contribution in [0.4, 0.5) is 4.39 Å². The first-order valence-corrected chi connectivity index (χ1v) is 16.9. The molecule has 5 aromatic rings. The third-order valence-electron chi connectivity index (χ3n) is 7.57. The monoisotopic (exact) mass is 646 g/mol. The first-order valence-electron chi connectivity index (χ1n) is 13.7. The minimum atomic E-state index is -4.22. The van der Waals surface area contributed by atoms with Crippen LogP contribution in [0.25, 0.3) is 16.4 Å². The lowest BCUT2D eigenvalue weighted by molar-refractivity contribution is 0.0691. The third-order valence-corrected chi connectivity index (χ3v) is 10.2. The molecule has 3 aromatic heterocycles. The van der Waals surface area contributed by atoms with Crippen molar-refractivity contribution < 1.29 is 22.7 Å². The zero-order chi connectivity index (χ0) is 31.2. The number of aromatic nitrogens is 3. The standard InChI is InChI=1S/C32H27FN4O4S3/c1-19-6-9-23(43-19)10-7-20-4-3-5-22(14-20)29-24(15-21-8-11-28(25(33)16-21)44(34,40)41)27(17-32(2)12-13-32)37(36-29)31-35-26(18-42-31)30(38)39/h3-6,8-9,11,14,16,18H,12-13,15,17H2,1-2H3,(H,38,39)(H2,34,40,41). The average molecular weight is 647 g/mol. The number of thiophene rings is 1. The lowest BCUT2D eigenvalue weighted by atomic mass is 9.93. The van der Waals surface area contributed by atoms with Crippen LogP contribution in [-0.4, -0.2) is 34.3 Å². The number of halogens is 1. The number of aromatic carboxylic acids is 1. The number of thiazole rings is 1. The van der Waals surface area contributed by atoms with Crippen LogP contribution in [0.1, 0.15) is 62.4 Å². The van der Waals surface area contributed by atoms with E-state index in [1.807, 2.05) is 43.3 Å². The molecule has 3 heterocycles. The summed E-state index contributed by atoms with van der Waals surface area (Å²) in [5.74, 6) is 4.38. The van der Waals surface area contributed by atoms with Crippen molar-refractivity contribution in [3.05, 3.63) is 104 Å². The summed E-state index contributed by atoms with van der Waals surface area (Å²) in [6.07, 6.45) is 2.93. The molecule has 0 amide bonds. The molecule has 0 saturated heterocycles. The van der Waals surface area contributed by atoms with Gasteiger partial charge < -0.3 is 5.11 Å². The van der Waals surface area contributed by atoms with Gasteiger partial charge in [-0.25, -0.2) is 32.4 Å². The molecule has 1 saturated carbocycles. The predicted molar refractivity (Wildman–Crippen MR) is 168 cm³/mol. The molecule has 0 aliphatic heterocycles. The molecular formula is C32H27FN4O4S3. The summed E-state index contributed by atoms with van der Waals surface area (Å²) in [5, 5.41) is 21.6. The second-order valence-electron chi connectivity index (χ2n) is 11.2. The van der Waals surface area contributed by atoms with Crippen molar-refractivity contribution >= 4 is 38.7 Å². The van der Waals surface area contributed by atoms with Gasteiger partial charge in [0.1, 0.15) is 10.7 Å². The van der Waals surface area contributed by atoms with Crippen molar-refractivity contribution in [2.45, 2.75) is 44.4 Å². The SMILES string of the molecule is Cc1ccc(C#Cc2cccc(-c3nn(-c4nc(C(=O)O)cs4)c(CC4(C)CC4)c3Cc3ccc(S(N)(=O)=O)c(F)c3)c2)s1. The molecule has 3 N–H and O–H groups in total. The van der Waals surface area contributed by atoms with Gasteiger partial charge in [0.05, 0.1) is 16.3 Å². The number of hydrogen-bond donors (Lipinski definition) is 2. The molecule has 44 heavy (non-hydrogen) atoms. The van der Waals surface area contributed by atoms with E-state index in [2.05, 4.69) is 23.7 Å². The van der Waals surface area contributed by atoms with Crippen LogP contribution in [0.15, 0.2) is 64.9 Å². The van der Waals surface area contributed by atoms with Crippen LogP contribution < -0.4 is 5.14 Å². The van der Waals surface area contributed by atoms with E-state index in [9.17, 15) is 22.7 Å². The van der Waals surface area contributed by atoms with Crippen molar-refractivity contribution in [2.24, 2.45) is 10.6 Å². The lowest BCUT2D eigenvalue weighted by Crippen LogP contribution is -2.14. The van der Waals surface area contributed by atoms with E-state index in [4.69, 9.17) is 10.2 Å². The zero-order valence-corrected chi connectivity index (χ0v) is 26.2. The number of carboxylic acids is 1. The summed E-state index contributed by atoms with van der Waals surface area (Å²) in [6, 6.07) is 15.6. The Labute approximate surface area is 262 Å². The molecule has 0 atom stereocenters. The number of nitrogens with zero attached hydrogens (tertiary/aromatic N) is 3. The Bertz CT molecular complexity index is 2100. The summed E-state index contributed by atoms with van der Waals surface area (Å²) < 4.78 is 40.3. The van der Waals surface area contributed by atoms with Gasteiger partial charge in [-0.15, -0.1) is 22.7 Å². The maximum Gasteiger partial charge on any atom is 0.355 e. The molecular weight excluding hydrogens is 620 g/mol. The maximum atomic E-state index is 14.9. The van der Waals surface area contributed by atoms with Gasteiger partial charge in [-0.1, -0.05) is 37.0 Å². The van der Waals surface area contributed by atoms with Gasteiger partial charge in [-0.2, -0.15) is 5.10 Å². The van der Waals surface area contributed by atoms with Gasteiger partial charge in [0.15, 0.2) is 5.69 Å². The van der Waals surface area contributed by atoms with Crippen molar-refractivity contribution in [3.8, 4) is 28.2 Å². The number of rotatable bonds is 8. The summed E-state index contributed by atoms with van der Waals surface area (Å²) in [4.78, 5) is 17.6. The van der Waals surface area contributed by atoms with Gasteiger partial charge in [0.2, 0.25) is 15.2 Å². The highest BCUT2D eigenvalue weighted by Gasteiger charge is 2.40. The quantitative estimate of drug-likeness (QED) is 0.194. The smallest absolute Gasteiger partial charge is 0.355 e. The van der Waals surface area contributed by atoms with E-state index >= 15 is 0 Å². The van der Waals surface area contributed by atoms with Gasteiger partial charge in [-0.05, 0) is 73.6 Å². The number of primary sulfonamides is 1. The van der Waals surface area contributed by atoms with E-state index in [0.717, 1.165) is 40.1 Å². The molecule has 12 heteroatoms. The van der Waals surface area contributed by atoms with E-state index < -0.39 is 26.7 Å². The molecule has 8 nitrogen and oxygen atoms in total. The first kappa shape index (κ1) is 29.9. The second kappa shape index (κ2) is 11.4. The minimum absolute atomic E-state index is 0.0333. The molecule has 1 fully saturated rings. The lowest BCUT2D eigenvalue weighted by Gasteiger charge is -2.13. The second-order valence-corrected chi connectivity index (χ2v) is 14.9. The van der Waals surface area contributed by atoms with Crippen LogP contribution >= 0.6 is 22.7 Å². The highest BCUT2D eigenvalue weighted by atomic mass is 32.2. The fourth-order valence-electron chi connectivity index (χ4n) is 4.97. The largest absolute Gasteiger partial charge is 0.476 e. The van der Waals surface area contributed by atoms with Gasteiger partial charge in [0.25, 0.3) is 0 Å². The Morgan fingerprint density at radius 2 is 1.95 bits per heavy atom. The number of hydrogen-bond acceptors (Lipinski definition) is 7. The van der Waals surface area contributed by atoms with E-state index in [-0.39, 0.29) is 17.5 Å². The van der Waals surface area contributed by atoms with Crippen molar-refractivity contribution in [3.63, 3.8) is 0 Å².